The molecule has 3 aromatic rings. The number of carbonyl (C=O) groups is 3. The number of Topliss-reactive ketones (excluding diaryl/α,β-unsaturated/α-hetero) is 1. The zero-order valence-electron chi connectivity index (χ0n) is 20.7. The third kappa shape index (κ3) is 7.26. The maximum Gasteiger partial charge on any atom is 0.307 e. The van der Waals surface area contributed by atoms with Crippen molar-refractivity contribution in [3.63, 3.8) is 0 Å². The van der Waals surface area contributed by atoms with E-state index in [1.54, 1.807) is 12.1 Å². The second kappa shape index (κ2) is 13.0. The van der Waals surface area contributed by atoms with Gasteiger partial charge < -0.3 is 19.9 Å². The molecule has 37 heavy (non-hydrogen) atoms. The summed E-state index contributed by atoms with van der Waals surface area (Å²) in [7, 11) is 0. The van der Waals surface area contributed by atoms with Crippen molar-refractivity contribution in [3.05, 3.63) is 102 Å². The summed E-state index contributed by atoms with van der Waals surface area (Å²) in [6, 6.07) is 25.4. The van der Waals surface area contributed by atoms with Crippen molar-refractivity contribution in [2.24, 2.45) is 5.92 Å². The Morgan fingerprint density at radius 3 is 2.08 bits per heavy atom. The summed E-state index contributed by atoms with van der Waals surface area (Å²) >= 11 is 0. The van der Waals surface area contributed by atoms with Gasteiger partial charge in [-0.25, -0.2) is 0 Å². The molecular weight excluding hydrogens is 466 g/mol. The van der Waals surface area contributed by atoms with E-state index in [2.05, 4.69) is 30.6 Å². The lowest BCUT2D eigenvalue weighted by molar-refractivity contribution is -0.143. The fourth-order valence-corrected chi connectivity index (χ4v) is 4.03. The third-order valence-corrected chi connectivity index (χ3v) is 5.93. The van der Waals surface area contributed by atoms with E-state index in [1.807, 2.05) is 54.6 Å². The molecule has 0 saturated carbocycles. The van der Waals surface area contributed by atoms with E-state index in [0.717, 1.165) is 11.1 Å². The van der Waals surface area contributed by atoms with Crippen molar-refractivity contribution < 1.29 is 24.6 Å². The number of aliphatic carboxylic acids is 1. The number of fused-ring (bicyclic) bond motifs is 1. The molecule has 0 aliphatic carbocycles. The van der Waals surface area contributed by atoms with Gasteiger partial charge in [-0.3, -0.25) is 9.59 Å². The molecule has 6 heteroatoms. The standard InChI is InChI=1S/C16H17NO4.C15H12O/c1-10(18)9-12(16(20)21)7-8-17-11(2)13-5-3-4-6-14(13)15(17)19;16-12-4-5-13-8-10-15(11-9-13)14-6-2-1-3-7-14/h3-6,12H,2,7-9H2,1H3,(H,20,21);1-3,6-11,16H,12H2. The molecule has 188 valence electrons. The Morgan fingerprint density at radius 2 is 1.51 bits per heavy atom. The molecule has 0 bridgehead atoms. The minimum Gasteiger partial charge on any atom is -0.481 e. The molecule has 1 unspecified atom stereocenters. The molecule has 4 rings (SSSR count). The monoisotopic (exact) mass is 495 g/mol. The fourth-order valence-electron chi connectivity index (χ4n) is 4.03. The smallest absolute Gasteiger partial charge is 0.307 e. The number of benzene rings is 3. The van der Waals surface area contributed by atoms with Crippen molar-refractivity contribution in [2.45, 2.75) is 19.8 Å². The van der Waals surface area contributed by atoms with Gasteiger partial charge in [0.25, 0.3) is 5.91 Å². The van der Waals surface area contributed by atoms with Crippen molar-refractivity contribution in [3.8, 4) is 23.0 Å². The summed E-state index contributed by atoms with van der Waals surface area (Å²) in [5.74, 6) is 3.38. The number of aliphatic hydroxyl groups is 1. The second-order valence-electron chi connectivity index (χ2n) is 8.58. The molecule has 1 aliphatic rings. The Labute approximate surface area is 216 Å². The van der Waals surface area contributed by atoms with Crippen LogP contribution >= 0.6 is 0 Å². The number of amides is 1. The van der Waals surface area contributed by atoms with Crippen LogP contribution in [0, 0.1) is 17.8 Å². The van der Waals surface area contributed by atoms with E-state index in [-0.39, 0.29) is 37.7 Å². The van der Waals surface area contributed by atoms with Crippen LogP contribution in [0.2, 0.25) is 0 Å². The van der Waals surface area contributed by atoms with Gasteiger partial charge in [0.15, 0.2) is 0 Å². The van der Waals surface area contributed by atoms with Crippen LogP contribution < -0.4 is 0 Å². The normalized spacial score (nSPS) is 12.5. The maximum atomic E-state index is 12.3. The van der Waals surface area contributed by atoms with Gasteiger partial charge in [0.2, 0.25) is 0 Å². The number of aliphatic hydroxyl groups excluding tert-OH is 1. The lowest BCUT2D eigenvalue weighted by atomic mass is 9.99. The highest BCUT2D eigenvalue weighted by atomic mass is 16.4. The van der Waals surface area contributed by atoms with E-state index in [1.165, 1.54) is 23.0 Å². The summed E-state index contributed by atoms with van der Waals surface area (Å²) in [4.78, 5) is 36.0. The van der Waals surface area contributed by atoms with Crippen LogP contribution in [0.3, 0.4) is 0 Å². The van der Waals surface area contributed by atoms with E-state index >= 15 is 0 Å². The van der Waals surface area contributed by atoms with Crippen molar-refractivity contribution in [1.29, 1.82) is 0 Å². The van der Waals surface area contributed by atoms with Crippen LogP contribution in [0.4, 0.5) is 0 Å². The van der Waals surface area contributed by atoms with Crippen molar-refractivity contribution in [2.75, 3.05) is 13.2 Å². The van der Waals surface area contributed by atoms with Crippen LogP contribution in [-0.4, -0.2) is 45.9 Å². The lowest BCUT2D eigenvalue weighted by Gasteiger charge is -2.19. The summed E-state index contributed by atoms with van der Waals surface area (Å²) in [5, 5.41) is 17.7. The Bertz CT molecular complexity index is 1300. The molecule has 3 aromatic carbocycles. The van der Waals surface area contributed by atoms with Crippen LogP contribution in [0.25, 0.3) is 16.8 Å². The number of nitrogens with zero attached hydrogens (tertiary/aromatic N) is 1. The van der Waals surface area contributed by atoms with Gasteiger partial charge in [0.05, 0.1) is 5.92 Å². The minimum atomic E-state index is -1.01. The Kier molecular flexibility index (Phi) is 9.54. The molecule has 2 N–H and O–H groups in total. The Balaban J connectivity index is 0.000000213. The summed E-state index contributed by atoms with van der Waals surface area (Å²) in [6.07, 6.45) is 0.213. The van der Waals surface area contributed by atoms with Crippen LogP contribution in [0.5, 0.6) is 0 Å². The maximum absolute atomic E-state index is 12.3. The first-order valence-corrected chi connectivity index (χ1v) is 11.9. The number of hydrogen-bond donors (Lipinski definition) is 2. The van der Waals surface area contributed by atoms with Gasteiger partial charge in [-0.15, -0.1) is 0 Å². The number of rotatable bonds is 7. The summed E-state index contributed by atoms with van der Waals surface area (Å²) < 4.78 is 0. The number of carboxylic acid groups (broad SMARTS) is 1. The van der Waals surface area contributed by atoms with Crippen LogP contribution in [0.1, 0.15) is 41.3 Å². The number of carbonyl (C=O) groups excluding carboxylic acids is 2. The van der Waals surface area contributed by atoms with Gasteiger partial charge in [0, 0.05) is 35.4 Å². The number of carboxylic acids is 1. The second-order valence-corrected chi connectivity index (χ2v) is 8.58. The minimum absolute atomic E-state index is 0.0171. The van der Waals surface area contributed by atoms with Gasteiger partial charge >= 0.3 is 5.97 Å². The fraction of sp³-hybridized carbons (Fsp3) is 0.194. The molecule has 1 atom stereocenters. The van der Waals surface area contributed by atoms with E-state index in [0.29, 0.717) is 11.3 Å². The molecule has 0 saturated heterocycles. The molecule has 1 amide bonds. The van der Waals surface area contributed by atoms with Gasteiger partial charge in [-0.1, -0.05) is 79.1 Å². The topological polar surface area (TPSA) is 94.9 Å². The Hall–Kier alpha value is -4.47. The van der Waals surface area contributed by atoms with E-state index in [4.69, 9.17) is 10.2 Å². The molecule has 0 spiro atoms. The zero-order valence-corrected chi connectivity index (χ0v) is 20.7. The molecule has 1 heterocycles. The van der Waals surface area contributed by atoms with Gasteiger partial charge in [0.1, 0.15) is 12.4 Å². The number of hydrogen-bond acceptors (Lipinski definition) is 4. The summed E-state index contributed by atoms with van der Waals surface area (Å²) in [5.41, 5.74) is 5.25. The average Bonchev–Trinajstić information content (AvgIpc) is 3.15. The largest absolute Gasteiger partial charge is 0.481 e. The van der Waals surface area contributed by atoms with Crippen LogP contribution in [-0.2, 0) is 9.59 Å². The molecule has 0 radical (unpaired) electrons. The Morgan fingerprint density at radius 1 is 0.919 bits per heavy atom. The predicted molar refractivity (Wildman–Crippen MR) is 143 cm³/mol. The first-order chi connectivity index (χ1) is 17.8. The highest BCUT2D eigenvalue weighted by Gasteiger charge is 2.31. The first kappa shape index (κ1) is 27.1. The molecule has 0 fully saturated rings. The SMILES string of the molecule is C=C1c2ccccc2C(=O)N1CCC(CC(C)=O)C(=O)O.OCC#Cc1ccc(-c2ccccc2)cc1. The summed E-state index contributed by atoms with van der Waals surface area (Å²) in [6.45, 7) is 5.42. The highest BCUT2D eigenvalue weighted by Crippen LogP contribution is 2.31. The van der Waals surface area contributed by atoms with E-state index < -0.39 is 11.9 Å². The highest BCUT2D eigenvalue weighted by molar-refractivity contribution is 6.08. The predicted octanol–water partition coefficient (Wildman–Crippen LogP) is 4.88. The number of ketones is 1. The molecule has 1 aliphatic heterocycles. The molecule has 0 aromatic heterocycles. The van der Waals surface area contributed by atoms with Crippen LogP contribution in [0.15, 0.2) is 85.4 Å². The quantitative estimate of drug-likeness (QED) is 0.456. The molecular formula is C31H29NO5. The van der Waals surface area contributed by atoms with Crippen molar-refractivity contribution in [1.82, 2.24) is 4.90 Å². The average molecular weight is 496 g/mol. The molecule has 6 nitrogen and oxygen atoms in total. The van der Waals surface area contributed by atoms with Gasteiger partial charge in [-0.2, -0.15) is 0 Å². The van der Waals surface area contributed by atoms with E-state index in [9.17, 15) is 14.4 Å². The first-order valence-electron chi connectivity index (χ1n) is 11.9. The third-order valence-electron chi connectivity index (χ3n) is 5.93. The zero-order chi connectivity index (χ0) is 26.8. The van der Waals surface area contributed by atoms with Crippen molar-refractivity contribution >= 4 is 23.4 Å². The lowest BCUT2D eigenvalue weighted by Crippen LogP contribution is -2.28. The van der Waals surface area contributed by atoms with Gasteiger partial charge in [-0.05, 0) is 42.7 Å².